The van der Waals surface area contributed by atoms with E-state index in [0.29, 0.717) is 32.6 Å². The number of amides is 2. The molecule has 4 bridgehead atoms. The van der Waals surface area contributed by atoms with E-state index in [1.807, 2.05) is 4.90 Å². The molecule has 0 aromatic heterocycles. The fourth-order valence-corrected chi connectivity index (χ4v) is 7.01. The van der Waals surface area contributed by atoms with Crippen molar-refractivity contribution in [2.75, 3.05) is 26.2 Å². The Labute approximate surface area is 176 Å². The molecule has 0 atom stereocenters. The van der Waals surface area contributed by atoms with E-state index in [2.05, 4.69) is 0 Å². The topological polar surface area (TPSA) is 101 Å². The van der Waals surface area contributed by atoms with Crippen molar-refractivity contribution < 1.29 is 24.9 Å². The van der Waals surface area contributed by atoms with Gasteiger partial charge in [-0.25, -0.2) is 0 Å². The molecule has 1 aliphatic heterocycles. The Morgan fingerprint density at radius 2 is 1.30 bits per heavy atom. The number of hydrogen-bond donors (Lipinski definition) is 3. The largest absolute Gasteiger partial charge is 0.504 e. The summed E-state index contributed by atoms with van der Waals surface area (Å²) in [5.74, 6) is 0.708. The van der Waals surface area contributed by atoms with Crippen LogP contribution in [0.5, 0.6) is 17.2 Å². The zero-order valence-electron chi connectivity index (χ0n) is 17.2. The average molecular weight is 415 g/mol. The minimum absolute atomic E-state index is 0.121. The minimum atomic E-state index is -0.633. The minimum Gasteiger partial charge on any atom is -0.504 e. The molecular weight excluding hydrogens is 384 g/mol. The first kappa shape index (κ1) is 19.5. The lowest BCUT2D eigenvalue weighted by Crippen LogP contribution is -2.53. The van der Waals surface area contributed by atoms with Crippen LogP contribution in [0.4, 0.5) is 0 Å². The van der Waals surface area contributed by atoms with Gasteiger partial charge >= 0.3 is 0 Å². The van der Waals surface area contributed by atoms with Crippen molar-refractivity contribution in [1.82, 2.24) is 9.80 Å². The predicted molar refractivity (Wildman–Crippen MR) is 109 cm³/mol. The number of carbonyl (C=O) groups is 2. The van der Waals surface area contributed by atoms with Crippen molar-refractivity contribution in [3.63, 3.8) is 0 Å². The fraction of sp³-hybridized carbons (Fsp3) is 0.652. The Morgan fingerprint density at radius 3 is 1.80 bits per heavy atom. The molecule has 5 fully saturated rings. The summed E-state index contributed by atoms with van der Waals surface area (Å²) in [6.45, 7) is 1.86. The molecule has 3 N–H and O–H groups in total. The third-order valence-corrected chi connectivity index (χ3v) is 7.93. The molecule has 6 rings (SSSR count). The summed E-state index contributed by atoms with van der Waals surface area (Å²) < 4.78 is 0. The van der Waals surface area contributed by atoms with Crippen molar-refractivity contribution in [1.29, 1.82) is 0 Å². The highest BCUT2D eigenvalue weighted by Crippen LogP contribution is 2.61. The lowest BCUT2D eigenvalue weighted by atomic mass is 9.49. The van der Waals surface area contributed by atoms with Gasteiger partial charge in [0, 0.05) is 38.2 Å². The molecule has 0 unspecified atom stereocenters. The van der Waals surface area contributed by atoms with Gasteiger partial charge in [-0.05, 0) is 73.8 Å². The summed E-state index contributed by atoms with van der Waals surface area (Å²) in [6, 6.07) is 2.31. The van der Waals surface area contributed by atoms with E-state index < -0.39 is 17.2 Å². The SMILES string of the molecule is O=C(CC12CC3CC(CC(C3)C1)C2)N1CCN(C(=O)c2cc(O)c(O)c(O)c2)CC1. The first-order valence-electron chi connectivity index (χ1n) is 11.1. The van der Waals surface area contributed by atoms with Crippen LogP contribution in [0.25, 0.3) is 0 Å². The van der Waals surface area contributed by atoms with Gasteiger partial charge in [0.05, 0.1) is 0 Å². The molecule has 1 aromatic rings. The van der Waals surface area contributed by atoms with Crippen molar-refractivity contribution in [3.05, 3.63) is 17.7 Å². The Morgan fingerprint density at radius 1 is 0.833 bits per heavy atom. The summed E-state index contributed by atoms with van der Waals surface area (Å²) in [7, 11) is 0. The molecule has 0 spiro atoms. The maximum absolute atomic E-state index is 13.1. The van der Waals surface area contributed by atoms with E-state index in [4.69, 9.17) is 0 Å². The monoisotopic (exact) mass is 414 g/mol. The molecule has 1 heterocycles. The van der Waals surface area contributed by atoms with Crippen molar-refractivity contribution >= 4 is 11.8 Å². The Balaban J connectivity index is 1.19. The summed E-state index contributed by atoms with van der Waals surface area (Å²) in [6.07, 6.45) is 8.43. The van der Waals surface area contributed by atoms with Crippen LogP contribution in [0.3, 0.4) is 0 Å². The van der Waals surface area contributed by atoms with E-state index in [-0.39, 0.29) is 22.8 Å². The molecule has 30 heavy (non-hydrogen) atoms. The van der Waals surface area contributed by atoms with Gasteiger partial charge in [0.25, 0.3) is 5.91 Å². The van der Waals surface area contributed by atoms with E-state index in [1.54, 1.807) is 4.90 Å². The van der Waals surface area contributed by atoms with E-state index in [1.165, 1.54) is 38.5 Å². The number of piperazine rings is 1. The van der Waals surface area contributed by atoms with Gasteiger partial charge in [0.1, 0.15) is 0 Å². The first-order chi connectivity index (χ1) is 14.3. The van der Waals surface area contributed by atoms with Gasteiger partial charge in [0.15, 0.2) is 17.2 Å². The maximum atomic E-state index is 13.1. The number of benzene rings is 1. The Hall–Kier alpha value is -2.44. The van der Waals surface area contributed by atoms with Gasteiger partial charge in [-0.1, -0.05) is 0 Å². The van der Waals surface area contributed by atoms with Gasteiger partial charge < -0.3 is 25.1 Å². The second kappa shape index (κ2) is 7.06. The maximum Gasteiger partial charge on any atom is 0.254 e. The summed E-state index contributed by atoms with van der Waals surface area (Å²) in [5.41, 5.74) is 0.344. The number of carbonyl (C=O) groups excluding carboxylic acids is 2. The zero-order chi connectivity index (χ0) is 21.0. The molecule has 7 heteroatoms. The third-order valence-electron chi connectivity index (χ3n) is 7.93. The number of phenolic OH excluding ortho intramolecular Hbond substituents is 3. The molecular formula is C23H30N2O5. The number of aromatic hydroxyl groups is 3. The van der Waals surface area contributed by atoms with E-state index in [0.717, 1.165) is 29.9 Å². The van der Waals surface area contributed by atoms with Crippen molar-refractivity contribution in [2.24, 2.45) is 23.2 Å². The number of hydrogen-bond acceptors (Lipinski definition) is 5. The van der Waals surface area contributed by atoms with Gasteiger partial charge in [-0.3, -0.25) is 9.59 Å². The van der Waals surface area contributed by atoms with Gasteiger partial charge in [0.2, 0.25) is 5.91 Å². The quantitative estimate of drug-likeness (QED) is 0.660. The highest BCUT2D eigenvalue weighted by Gasteiger charge is 2.51. The van der Waals surface area contributed by atoms with E-state index in [9.17, 15) is 24.9 Å². The molecule has 4 aliphatic carbocycles. The fourth-order valence-electron chi connectivity index (χ4n) is 7.01. The number of phenols is 3. The first-order valence-corrected chi connectivity index (χ1v) is 11.1. The lowest BCUT2D eigenvalue weighted by molar-refractivity contribution is -0.141. The number of nitrogens with zero attached hydrogens (tertiary/aromatic N) is 2. The molecule has 2 amide bonds. The summed E-state index contributed by atoms with van der Waals surface area (Å²) in [4.78, 5) is 29.3. The normalized spacial score (nSPS) is 32.5. The zero-order valence-corrected chi connectivity index (χ0v) is 17.2. The molecule has 5 aliphatic rings. The van der Waals surface area contributed by atoms with Crippen LogP contribution in [-0.4, -0.2) is 63.1 Å². The molecule has 1 saturated heterocycles. The lowest BCUT2D eigenvalue weighted by Gasteiger charge is -2.57. The standard InChI is InChI=1S/C23H30N2O5/c26-18-8-17(9-19(27)21(18)29)22(30)25-3-1-24(2-4-25)20(28)13-23-10-14-5-15(11-23)7-16(6-14)12-23/h8-9,14-16,26-27,29H,1-7,10-13H2. The molecule has 0 radical (unpaired) electrons. The summed E-state index contributed by atoms with van der Waals surface area (Å²) in [5, 5.41) is 28.8. The molecule has 7 nitrogen and oxygen atoms in total. The predicted octanol–water partition coefficient (Wildman–Crippen LogP) is 2.69. The second-order valence-electron chi connectivity index (χ2n) is 10.1. The van der Waals surface area contributed by atoms with Gasteiger partial charge in [-0.15, -0.1) is 0 Å². The Bertz CT molecular complexity index is 816. The van der Waals surface area contributed by atoms with Crippen LogP contribution in [0.2, 0.25) is 0 Å². The van der Waals surface area contributed by atoms with Crippen LogP contribution in [0.1, 0.15) is 55.3 Å². The smallest absolute Gasteiger partial charge is 0.254 e. The molecule has 4 saturated carbocycles. The van der Waals surface area contributed by atoms with Crippen LogP contribution in [0.15, 0.2) is 12.1 Å². The summed E-state index contributed by atoms with van der Waals surface area (Å²) >= 11 is 0. The van der Waals surface area contributed by atoms with Crippen molar-refractivity contribution in [2.45, 2.75) is 44.9 Å². The average Bonchev–Trinajstić information content (AvgIpc) is 2.70. The van der Waals surface area contributed by atoms with Crippen molar-refractivity contribution in [3.8, 4) is 17.2 Å². The third kappa shape index (κ3) is 3.38. The number of rotatable bonds is 3. The molecule has 162 valence electrons. The van der Waals surface area contributed by atoms with E-state index >= 15 is 0 Å². The highest BCUT2D eigenvalue weighted by molar-refractivity contribution is 5.95. The molecule has 1 aromatic carbocycles. The van der Waals surface area contributed by atoms with Gasteiger partial charge in [-0.2, -0.15) is 0 Å². The van der Waals surface area contributed by atoms with Crippen LogP contribution in [-0.2, 0) is 4.79 Å². The second-order valence-corrected chi connectivity index (χ2v) is 10.1. The highest BCUT2D eigenvalue weighted by atomic mass is 16.3. The van der Waals surface area contributed by atoms with Crippen LogP contribution < -0.4 is 0 Å². The Kier molecular flexibility index (Phi) is 4.60. The van der Waals surface area contributed by atoms with Crippen LogP contribution in [0, 0.1) is 23.2 Å². The van der Waals surface area contributed by atoms with Crippen LogP contribution >= 0.6 is 0 Å².